The van der Waals surface area contributed by atoms with Crippen LogP contribution in [0.3, 0.4) is 0 Å². The smallest absolute Gasteiger partial charge is 0.159 e. The molecule has 11 aromatic carbocycles. The van der Waals surface area contributed by atoms with Crippen molar-refractivity contribution >= 4 is 143 Å². The van der Waals surface area contributed by atoms with E-state index in [1.807, 2.05) is 30.3 Å². The third-order valence-electron chi connectivity index (χ3n) is 15.3. The third kappa shape index (κ3) is 6.06. The molecule has 0 spiro atoms. The fourth-order valence-corrected chi connectivity index (χ4v) is 11.9. The number of aryl methyl sites for hydroxylation is 4. The molecule has 0 aliphatic rings. The molecule has 74 heavy (non-hydrogen) atoms. The summed E-state index contributed by atoms with van der Waals surface area (Å²) in [6, 6.07) is 68.2. The van der Waals surface area contributed by atoms with E-state index >= 15 is 0 Å². The van der Waals surface area contributed by atoms with Gasteiger partial charge >= 0.3 is 0 Å². The lowest BCUT2D eigenvalue weighted by Gasteiger charge is -2.29. The van der Waals surface area contributed by atoms with Crippen LogP contribution in [0, 0.1) is 39.0 Å². The Morgan fingerprint density at radius 1 is 0.338 bits per heavy atom. The standard InChI is InChI=1S/C67H43N3O4/c1-37-13-9-14-38(2)63(37)69(55-21-11-19-49-47-17-5-7-23-57(47)72-66(49)55)45-27-25-41-31-51-52-35-61-62(54(36-68)65(52)74-59(51)33-43(41)29-45)53-32-42-26-28-46(30-44(42)34-60(53)71-61)70(64-39(3)15-10-16-40(64)4)56-22-12-20-50-48-18-6-8-24-58(48)73-67(50)56/h5-35H,1-4H3. The molecule has 0 bridgehead atoms. The van der Waals surface area contributed by atoms with Gasteiger partial charge in [-0.3, -0.25) is 0 Å². The van der Waals surface area contributed by atoms with Crippen LogP contribution in [-0.4, -0.2) is 0 Å². The second-order valence-electron chi connectivity index (χ2n) is 19.7. The number of anilines is 6. The average molecular weight is 954 g/mol. The maximum absolute atomic E-state index is 11.0. The van der Waals surface area contributed by atoms with Crippen LogP contribution in [0.4, 0.5) is 34.1 Å². The van der Waals surface area contributed by atoms with E-state index in [-0.39, 0.29) is 0 Å². The Hall–Kier alpha value is -9.77. The topological polar surface area (TPSA) is 82.8 Å². The zero-order valence-electron chi connectivity index (χ0n) is 40.9. The molecule has 0 N–H and O–H groups in total. The zero-order chi connectivity index (χ0) is 49.5. The Morgan fingerprint density at radius 3 is 1.32 bits per heavy atom. The van der Waals surface area contributed by atoms with E-state index in [9.17, 15) is 5.26 Å². The van der Waals surface area contributed by atoms with Crippen molar-refractivity contribution in [2.75, 3.05) is 9.80 Å². The molecule has 4 aromatic heterocycles. The zero-order valence-corrected chi connectivity index (χ0v) is 40.9. The van der Waals surface area contributed by atoms with Gasteiger partial charge in [0.15, 0.2) is 16.7 Å². The molecule has 0 aliphatic heterocycles. The molecule has 4 heterocycles. The molecule has 350 valence electrons. The summed E-state index contributed by atoms with van der Waals surface area (Å²) in [5.74, 6) is 0. The number of benzene rings is 11. The van der Waals surface area contributed by atoms with Crippen molar-refractivity contribution in [2.24, 2.45) is 0 Å². The molecular weight excluding hydrogens is 911 g/mol. The summed E-state index contributed by atoms with van der Waals surface area (Å²) in [7, 11) is 0. The normalized spacial score (nSPS) is 12.0. The lowest BCUT2D eigenvalue weighted by atomic mass is 9.99. The van der Waals surface area contributed by atoms with Gasteiger partial charge in [0.25, 0.3) is 0 Å². The van der Waals surface area contributed by atoms with Crippen molar-refractivity contribution in [3.05, 3.63) is 216 Å². The van der Waals surface area contributed by atoms with Gasteiger partial charge in [0, 0.05) is 54.5 Å². The molecule has 15 rings (SSSR count). The monoisotopic (exact) mass is 953 g/mol. The molecule has 0 unspecified atom stereocenters. The summed E-state index contributed by atoms with van der Waals surface area (Å²) >= 11 is 0. The van der Waals surface area contributed by atoms with Gasteiger partial charge in [0.1, 0.15) is 39.5 Å². The van der Waals surface area contributed by atoms with Gasteiger partial charge in [-0.05, 0) is 150 Å². The fourth-order valence-electron chi connectivity index (χ4n) is 11.9. The molecule has 0 fully saturated rings. The van der Waals surface area contributed by atoms with E-state index < -0.39 is 0 Å². The lowest BCUT2D eigenvalue weighted by Crippen LogP contribution is -2.13. The highest BCUT2D eigenvalue weighted by Gasteiger charge is 2.26. The lowest BCUT2D eigenvalue weighted by molar-refractivity contribution is 0.663. The maximum atomic E-state index is 11.0. The quantitative estimate of drug-likeness (QED) is 0.164. The van der Waals surface area contributed by atoms with Crippen LogP contribution in [0.15, 0.2) is 206 Å². The van der Waals surface area contributed by atoms with Gasteiger partial charge in [0.05, 0.1) is 22.7 Å². The largest absolute Gasteiger partial charge is 0.456 e. The number of nitriles is 1. The van der Waals surface area contributed by atoms with Crippen molar-refractivity contribution < 1.29 is 17.7 Å². The molecule has 15 aromatic rings. The second-order valence-corrected chi connectivity index (χ2v) is 19.7. The predicted molar refractivity (Wildman–Crippen MR) is 304 cm³/mol. The highest BCUT2D eigenvalue weighted by molar-refractivity contribution is 6.21. The summed E-state index contributed by atoms with van der Waals surface area (Å²) < 4.78 is 26.8. The molecule has 0 amide bonds. The van der Waals surface area contributed by atoms with Crippen molar-refractivity contribution in [1.82, 2.24) is 0 Å². The van der Waals surface area contributed by atoms with Crippen LogP contribution in [0.25, 0.3) is 109 Å². The Morgan fingerprint density at radius 2 is 0.797 bits per heavy atom. The number of para-hydroxylation sites is 6. The van der Waals surface area contributed by atoms with Crippen molar-refractivity contribution in [2.45, 2.75) is 27.7 Å². The van der Waals surface area contributed by atoms with Crippen LogP contribution < -0.4 is 9.80 Å². The molecule has 7 heteroatoms. The maximum Gasteiger partial charge on any atom is 0.159 e. The molecule has 0 aliphatic carbocycles. The highest BCUT2D eigenvalue weighted by Crippen LogP contribution is 2.49. The molecule has 0 saturated heterocycles. The van der Waals surface area contributed by atoms with Gasteiger partial charge in [-0.2, -0.15) is 5.26 Å². The highest BCUT2D eigenvalue weighted by atomic mass is 16.3. The minimum Gasteiger partial charge on any atom is -0.456 e. The Bertz CT molecular complexity index is 4720. The van der Waals surface area contributed by atoms with Crippen molar-refractivity contribution in [1.29, 1.82) is 5.26 Å². The Kier molecular flexibility index (Phi) is 8.85. The number of hydrogen-bond donors (Lipinski definition) is 0. The van der Waals surface area contributed by atoms with Crippen LogP contribution in [-0.2, 0) is 0 Å². The SMILES string of the molecule is Cc1cccc(C)c1N(c1ccc2cc3c(cc2c1)oc1c(C#N)c2c(cc13)oc1cc3cc(N(c4c(C)cccc4C)c4cccc5c4oc4ccccc45)ccc3cc12)c1cccc2c1oc1ccccc12. The van der Waals surface area contributed by atoms with E-state index in [1.165, 1.54) is 0 Å². The van der Waals surface area contributed by atoms with Gasteiger partial charge in [0.2, 0.25) is 0 Å². The summed E-state index contributed by atoms with van der Waals surface area (Å²) in [5, 5.41) is 22.8. The van der Waals surface area contributed by atoms with Crippen LogP contribution in [0.2, 0.25) is 0 Å². The summed E-state index contributed by atoms with van der Waals surface area (Å²) in [6.45, 7) is 8.63. The predicted octanol–water partition coefficient (Wildman–Crippen LogP) is 19.6. The fraction of sp³-hybridized carbons (Fsp3) is 0.0597. The first-order valence-electron chi connectivity index (χ1n) is 24.9. The molecule has 0 radical (unpaired) electrons. The van der Waals surface area contributed by atoms with Gasteiger partial charge in [-0.25, -0.2) is 0 Å². The minimum absolute atomic E-state index is 0.452. The van der Waals surface area contributed by atoms with Crippen molar-refractivity contribution in [3.63, 3.8) is 0 Å². The summed E-state index contributed by atoms with van der Waals surface area (Å²) in [4.78, 5) is 4.64. The van der Waals surface area contributed by atoms with Crippen LogP contribution >= 0.6 is 0 Å². The Balaban J connectivity index is 0.872. The summed E-state index contributed by atoms with van der Waals surface area (Å²) in [6.07, 6.45) is 0. The molecular formula is C67H43N3O4. The van der Waals surface area contributed by atoms with Crippen LogP contribution in [0.5, 0.6) is 0 Å². The molecule has 0 saturated carbocycles. The number of hydrogen-bond acceptors (Lipinski definition) is 7. The van der Waals surface area contributed by atoms with E-state index in [4.69, 9.17) is 17.7 Å². The van der Waals surface area contributed by atoms with Gasteiger partial charge < -0.3 is 27.5 Å². The number of fused-ring (bicyclic) bond motifs is 14. The summed E-state index contributed by atoms with van der Waals surface area (Å²) in [5.41, 5.74) is 17.1. The average Bonchev–Trinajstić information content (AvgIpc) is 4.19. The number of rotatable bonds is 6. The van der Waals surface area contributed by atoms with Gasteiger partial charge in [-0.1, -0.05) is 109 Å². The first-order valence-corrected chi connectivity index (χ1v) is 24.9. The van der Waals surface area contributed by atoms with Crippen molar-refractivity contribution in [3.8, 4) is 6.07 Å². The first-order chi connectivity index (χ1) is 36.3. The number of nitrogens with zero attached hydrogens (tertiary/aromatic N) is 3. The van der Waals surface area contributed by atoms with E-state index in [0.717, 1.165) is 143 Å². The minimum atomic E-state index is 0.452. The van der Waals surface area contributed by atoms with Crippen LogP contribution in [0.1, 0.15) is 27.8 Å². The third-order valence-corrected chi connectivity index (χ3v) is 15.3. The van der Waals surface area contributed by atoms with E-state index in [2.05, 4.69) is 201 Å². The first kappa shape index (κ1) is 42.0. The van der Waals surface area contributed by atoms with E-state index in [0.29, 0.717) is 27.9 Å². The second kappa shape index (κ2) is 15.6. The van der Waals surface area contributed by atoms with Gasteiger partial charge in [-0.15, -0.1) is 0 Å². The number of furan rings is 4. The Labute approximate surface area is 423 Å². The molecule has 7 nitrogen and oxygen atoms in total. The van der Waals surface area contributed by atoms with E-state index in [1.54, 1.807) is 0 Å². The molecule has 0 atom stereocenters.